The summed E-state index contributed by atoms with van der Waals surface area (Å²) < 4.78 is 68.3. The SMILES string of the molecule is CCCCCCCCCCCCCCCCCCCC(=O)O[C@H](COC(=O)CCCCCCCCCCC(C)CC)COP(=O)(O)OC[C@@H](O)COP(=O)(O)OC[C@@H](COC(=O)CCCCCCCCCCC)OC(=O)CCCCCCCCCCCCCC. The highest BCUT2D eigenvalue weighted by Gasteiger charge is 2.30. The van der Waals surface area contributed by atoms with Gasteiger partial charge in [0.25, 0.3) is 0 Å². The average Bonchev–Trinajstić information content (AvgIpc) is 3.57. The van der Waals surface area contributed by atoms with Crippen LogP contribution in [0.1, 0.15) is 369 Å². The van der Waals surface area contributed by atoms with Gasteiger partial charge in [0.05, 0.1) is 26.4 Å². The number of aliphatic hydroxyl groups is 1. The maximum absolute atomic E-state index is 13.0. The van der Waals surface area contributed by atoms with Gasteiger partial charge in [0, 0.05) is 25.7 Å². The van der Waals surface area contributed by atoms with Gasteiger partial charge in [0.1, 0.15) is 19.3 Å². The highest BCUT2D eigenvalue weighted by Crippen LogP contribution is 2.45. The van der Waals surface area contributed by atoms with E-state index < -0.39 is 97.5 Å². The molecule has 6 atom stereocenters. The van der Waals surface area contributed by atoms with Crippen LogP contribution in [0.3, 0.4) is 0 Å². The minimum Gasteiger partial charge on any atom is -0.462 e. The number of carbonyl (C=O) groups is 4. The van der Waals surface area contributed by atoms with Crippen LogP contribution < -0.4 is 0 Å². The Kier molecular flexibility index (Phi) is 63.0. The van der Waals surface area contributed by atoms with Crippen molar-refractivity contribution in [1.29, 1.82) is 0 Å². The summed E-state index contributed by atoms with van der Waals surface area (Å²) in [5, 5.41) is 10.6. The zero-order valence-corrected chi connectivity index (χ0v) is 60.1. The molecular weight excluding hydrogens is 1190 g/mol. The van der Waals surface area contributed by atoms with Crippen molar-refractivity contribution in [2.75, 3.05) is 39.6 Å². The molecule has 534 valence electrons. The molecule has 0 aromatic carbocycles. The number of hydrogen-bond acceptors (Lipinski definition) is 15. The molecule has 90 heavy (non-hydrogen) atoms. The van der Waals surface area contributed by atoms with E-state index in [1.54, 1.807) is 0 Å². The lowest BCUT2D eigenvalue weighted by Gasteiger charge is -2.21. The minimum atomic E-state index is -4.95. The van der Waals surface area contributed by atoms with Gasteiger partial charge >= 0.3 is 39.5 Å². The number of phosphoric ester groups is 2. The molecule has 0 bridgehead atoms. The highest BCUT2D eigenvalue weighted by atomic mass is 31.2. The van der Waals surface area contributed by atoms with E-state index in [9.17, 15) is 43.2 Å². The number of carbonyl (C=O) groups excluding carboxylic acids is 4. The zero-order valence-electron chi connectivity index (χ0n) is 58.3. The Balaban J connectivity index is 5.23. The van der Waals surface area contributed by atoms with Crippen LogP contribution in [0.15, 0.2) is 0 Å². The van der Waals surface area contributed by atoms with Crippen LogP contribution in [0.4, 0.5) is 0 Å². The Morgan fingerprint density at radius 1 is 0.311 bits per heavy atom. The molecule has 0 aliphatic rings. The van der Waals surface area contributed by atoms with E-state index in [-0.39, 0.29) is 25.7 Å². The van der Waals surface area contributed by atoms with Crippen molar-refractivity contribution in [3.8, 4) is 0 Å². The largest absolute Gasteiger partial charge is 0.472 e. The lowest BCUT2D eigenvalue weighted by Crippen LogP contribution is -2.30. The molecule has 0 heterocycles. The smallest absolute Gasteiger partial charge is 0.462 e. The number of esters is 4. The summed E-state index contributed by atoms with van der Waals surface area (Å²) in [6.45, 7) is 7.25. The molecule has 0 aliphatic heterocycles. The second kappa shape index (κ2) is 64.4. The number of rotatable bonds is 71. The molecular formula is C71H138O17P2. The first-order valence-electron chi connectivity index (χ1n) is 37.2. The first-order chi connectivity index (χ1) is 43.6. The lowest BCUT2D eigenvalue weighted by atomic mass is 9.99. The molecule has 3 unspecified atom stereocenters. The van der Waals surface area contributed by atoms with Gasteiger partial charge in [-0.05, 0) is 31.6 Å². The van der Waals surface area contributed by atoms with Gasteiger partial charge < -0.3 is 33.8 Å². The summed E-state index contributed by atoms with van der Waals surface area (Å²) in [5.41, 5.74) is 0. The summed E-state index contributed by atoms with van der Waals surface area (Å²) >= 11 is 0. The third-order valence-electron chi connectivity index (χ3n) is 16.9. The third kappa shape index (κ3) is 63.5. The summed E-state index contributed by atoms with van der Waals surface area (Å²) in [7, 11) is -9.90. The molecule has 0 amide bonds. The number of phosphoric acid groups is 2. The van der Waals surface area contributed by atoms with Crippen LogP contribution in [0, 0.1) is 5.92 Å². The molecule has 0 aliphatic carbocycles. The molecule has 0 saturated carbocycles. The Hall–Kier alpha value is -1.94. The number of unbranched alkanes of at least 4 members (excludes halogenated alkanes) is 42. The van der Waals surface area contributed by atoms with Crippen molar-refractivity contribution >= 4 is 39.5 Å². The Labute approximate surface area is 549 Å². The molecule has 0 rings (SSSR count). The Morgan fingerprint density at radius 3 is 0.789 bits per heavy atom. The van der Waals surface area contributed by atoms with E-state index in [0.717, 1.165) is 95.8 Å². The van der Waals surface area contributed by atoms with Crippen LogP contribution in [-0.4, -0.2) is 96.7 Å². The maximum atomic E-state index is 13.0. The van der Waals surface area contributed by atoms with Crippen molar-refractivity contribution in [1.82, 2.24) is 0 Å². The molecule has 0 fully saturated rings. The van der Waals surface area contributed by atoms with Crippen LogP contribution >= 0.6 is 15.6 Å². The van der Waals surface area contributed by atoms with Gasteiger partial charge in [0.2, 0.25) is 0 Å². The van der Waals surface area contributed by atoms with Gasteiger partial charge in [-0.1, -0.05) is 317 Å². The Bertz CT molecular complexity index is 1740. The fourth-order valence-electron chi connectivity index (χ4n) is 10.8. The first kappa shape index (κ1) is 88.1. The van der Waals surface area contributed by atoms with Crippen molar-refractivity contribution in [3.63, 3.8) is 0 Å². The minimum absolute atomic E-state index is 0.107. The summed E-state index contributed by atoms with van der Waals surface area (Å²) in [6, 6.07) is 0. The highest BCUT2D eigenvalue weighted by molar-refractivity contribution is 7.47. The summed E-state index contributed by atoms with van der Waals surface area (Å²) in [5.74, 6) is -1.34. The normalized spacial score (nSPS) is 14.4. The van der Waals surface area contributed by atoms with E-state index >= 15 is 0 Å². The van der Waals surface area contributed by atoms with Crippen LogP contribution in [0.25, 0.3) is 0 Å². The number of hydrogen-bond donors (Lipinski definition) is 3. The van der Waals surface area contributed by atoms with Gasteiger partial charge in [-0.15, -0.1) is 0 Å². The topological polar surface area (TPSA) is 237 Å². The number of aliphatic hydroxyl groups excluding tert-OH is 1. The van der Waals surface area contributed by atoms with E-state index in [1.807, 2.05) is 0 Å². The fraction of sp³-hybridized carbons (Fsp3) is 0.944. The molecule has 3 N–H and O–H groups in total. The molecule has 17 nitrogen and oxygen atoms in total. The monoisotopic (exact) mass is 1320 g/mol. The molecule has 0 spiro atoms. The van der Waals surface area contributed by atoms with Gasteiger partial charge in [-0.3, -0.25) is 37.3 Å². The van der Waals surface area contributed by atoms with Crippen molar-refractivity contribution < 1.29 is 80.2 Å². The Morgan fingerprint density at radius 2 is 0.533 bits per heavy atom. The standard InChI is InChI=1S/C71H138O17P2/c1-6-10-13-16-19-22-24-26-27-28-29-30-32-35-42-47-52-57-71(76)88-67(61-82-69(74)55-50-45-40-37-36-38-43-48-53-64(5)9-4)63-86-90(79,80)84-59-65(72)58-83-89(77,78)85-62-66(60-81-68(73)54-49-44-39-33-21-18-15-12-8-3)87-70(75)56-51-46-41-34-31-25-23-20-17-14-11-7-2/h64-67,72H,6-63H2,1-5H3,(H,77,78)(H,79,80)/t64?,65-,66+,67+/m0/s1. The van der Waals surface area contributed by atoms with Crippen molar-refractivity contribution in [2.24, 2.45) is 5.92 Å². The van der Waals surface area contributed by atoms with Crippen molar-refractivity contribution in [2.45, 2.75) is 387 Å². The molecule has 0 radical (unpaired) electrons. The van der Waals surface area contributed by atoms with Crippen LogP contribution in [0.2, 0.25) is 0 Å². The van der Waals surface area contributed by atoms with E-state index in [2.05, 4.69) is 34.6 Å². The quantitative estimate of drug-likeness (QED) is 0.0222. The second-order valence-electron chi connectivity index (χ2n) is 25.9. The van der Waals surface area contributed by atoms with E-state index in [4.69, 9.17) is 37.0 Å². The molecule has 0 aromatic rings. The van der Waals surface area contributed by atoms with Gasteiger partial charge in [-0.25, -0.2) is 9.13 Å². The fourth-order valence-corrected chi connectivity index (χ4v) is 12.4. The third-order valence-corrected chi connectivity index (χ3v) is 18.8. The number of ether oxygens (including phenoxy) is 4. The van der Waals surface area contributed by atoms with E-state index in [1.165, 1.54) is 193 Å². The van der Waals surface area contributed by atoms with E-state index in [0.29, 0.717) is 25.7 Å². The van der Waals surface area contributed by atoms with Crippen molar-refractivity contribution in [3.05, 3.63) is 0 Å². The van der Waals surface area contributed by atoms with Crippen LogP contribution in [-0.2, 0) is 65.4 Å². The summed E-state index contributed by atoms with van der Waals surface area (Å²) in [4.78, 5) is 72.5. The van der Waals surface area contributed by atoms with Gasteiger partial charge in [-0.2, -0.15) is 0 Å². The lowest BCUT2D eigenvalue weighted by molar-refractivity contribution is -0.161. The maximum Gasteiger partial charge on any atom is 0.472 e. The van der Waals surface area contributed by atoms with Crippen LogP contribution in [0.5, 0.6) is 0 Å². The summed E-state index contributed by atoms with van der Waals surface area (Å²) in [6.07, 6.45) is 51.2. The average molecular weight is 1330 g/mol. The predicted octanol–water partition coefficient (Wildman–Crippen LogP) is 20.5. The van der Waals surface area contributed by atoms with Gasteiger partial charge in [0.15, 0.2) is 12.2 Å². The second-order valence-corrected chi connectivity index (χ2v) is 28.8. The molecule has 0 saturated heterocycles. The first-order valence-corrected chi connectivity index (χ1v) is 40.2. The molecule has 0 aromatic heterocycles. The predicted molar refractivity (Wildman–Crippen MR) is 363 cm³/mol. The zero-order chi connectivity index (χ0) is 66.3. The molecule has 19 heteroatoms.